The fourth-order valence-corrected chi connectivity index (χ4v) is 1.88. The Morgan fingerprint density at radius 3 is 2.86 bits per heavy atom. The highest BCUT2D eigenvalue weighted by Crippen LogP contribution is 2.24. The molecule has 10 heteroatoms. The van der Waals surface area contributed by atoms with Gasteiger partial charge in [-0.2, -0.15) is 5.10 Å². The monoisotopic (exact) mass is 330 g/mol. The first-order valence-corrected chi connectivity index (χ1v) is 6.30. The molecule has 1 aromatic heterocycles. The standard InChI is InChI=1S/C12H9ClF2N4O3/c13-7-1-2-9(10(3-7)19(21)22)12(20)17-8-4-16-18(5-8)6-11(14)15/h1-5,11H,6H2,(H,17,20). The van der Waals surface area contributed by atoms with E-state index < -0.39 is 29.5 Å². The molecule has 0 fully saturated rings. The van der Waals surface area contributed by atoms with E-state index in [0.29, 0.717) is 0 Å². The number of rotatable bonds is 5. The minimum atomic E-state index is -2.58. The molecule has 0 bridgehead atoms. The largest absolute Gasteiger partial charge is 0.319 e. The molecule has 116 valence electrons. The molecule has 0 unspecified atom stereocenters. The Labute approximate surface area is 127 Å². The summed E-state index contributed by atoms with van der Waals surface area (Å²) in [7, 11) is 0. The first-order chi connectivity index (χ1) is 10.4. The van der Waals surface area contributed by atoms with Crippen LogP contribution in [0.25, 0.3) is 0 Å². The SMILES string of the molecule is O=C(Nc1cnn(CC(F)F)c1)c1ccc(Cl)cc1[N+](=O)[O-]. The Bertz CT molecular complexity index is 720. The molecule has 0 aliphatic rings. The quantitative estimate of drug-likeness (QED) is 0.674. The Morgan fingerprint density at radius 2 is 2.23 bits per heavy atom. The Hall–Kier alpha value is -2.55. The third-order valence-corrected chi connectivity index (χ3v) is 2.85. The fourth-order valence-electron chi connectivity index (χ4n) is 1.72. The van der Waals surface area contributed by atoms with Gasteiger partial charge in [0.25, 0.3) is 18.0 Å². The van der Waals surface area contributed by atoms with Gasteiger partial charge in [0.2, 0.25) is 0 Å². The molecule has 0 aliphatic heterocycles. The van der Waals surface area contributed by atoms with Crippen molar-refractivity contribution in [2.24, 2.45) is 0 Å². The van der Waals surface area contributed by atoms with E-state index in [1.165, 1.54) is 24.5 Å². The van der Waals surface area contributed by atoms with Gasteiger partial charge >= 0.3 is 0 Å². The van der Waals surface area contributed by atoms with Crippen molar-refractivity contribution in [1.82, 2.24) is 9.78 Å². The summed E-state index contributed by atoms with van der Waals surface area (Å²) in [5, 5.41) is 17.0. The summed E-state index contributed by atoms with van der Waals surface area (Å²) in [6.07, 6.45) is -0.214. The van der Waals surface area contributed by atoms with Crippen LogP contribution in [0, 0.1) is 10.1 Å². The lowest BCUT2D eigenvalue weighted by atomic mass is 10.1. The lowest BCUT2D eigenvalue weighted by molar-refractivity contribution is -0.385. The van der Waals surface area contributed by atoms with E-state index in [1.807, 2.05) is 0 Å². The van der Waals surface area contributed by atoms with E-state index in [2.05, 4.69) is 10.4 Å². The van der Waals surface area contributed by atoms with E-state index in [1.54, 1.807) is 0 Å². The second-order valence-corrected chi connectivity index (χ2v) is 4.65. The number of alkyl halides is 2. The summed E-state index contributed by atoms with van der Waals surface area (Å²) in [6, 6.07) is 3.60. The van der Waals surface area contributed by atoms with Crippen molar-refractivity contribution in [3.8, 4) is 0 Å². The van der Waals surface area contributed by atoms with Crippen LogP contribution >= 0.6 is 11.6 Å². The van der Waals surface area contributed by atoms with Gasteiger partial charge in [0, 0.05) is 17.3 Å². The number of carbonyl (C=O) groups is 1. The molecule has 0 saturated carbocycles. The highest BCUT2D eigenvalue weighted by atomic mass is 35.5. The van der Waals surface area contributed by atoms with Crippen LogP contribution < -0.4 is 5.32 Å². The van der Waals surface area contributed by atoms with Gasteiger partial charge in [-0.3, -0.25) is 19.6 Å². The number of amides is 1. The van der Waals surface area contributed by atoms with Crippen molar-refractivity contribution in [3.63, 3.8) is 0 Å². The Balaban J connectivity index is 2.19. The first-order valence-electron chi connectivity index (χ1n) is 5.92. The number of nitro benzene ring substituents is 1. The van der Waals surface area contributed by atoms with E-state index in [0.717, 1.165) is 10.7 Å². The number of nitrogens with one attached hydrogen (secondary N) is 1. The van der Waals surface area contributed by atoms with Crippen LogP contribution in [-0.2, 0) is 6.54 Å². The summed E-state index contributed by atoms with van der Waals surface area (Å²) >= 11 is 5.66. The number of nitrogens with zero attached hydrogens (tertiary/aromatic N) is 3. The van der Waals surface area contributed by atoms with Crippen molar-refractivity contribution in [2.45, 2.75) is 13.0 Å². The van der Waals surface area contributed by atoms with Crippen molar-refractivity contribution in [3.05, 3.63) is 51.3 Å². The molecule has 1 aromatic carbocycles. The van der Waals surface area contributed by atoms with Crippen molar-refractivity contribution in [2.75, 3.05) is 5.32 Å². The molecule has 7 nitrogen and oxygen atoms in total. The van der Waals surface area contributed by atoms with E-state index in [4.69, 9.17) is 11.6 Å². The van der Waals surface area contributed by atoms with Gasteiger partial charge in [0.15, 0.2) is 0 Å². The van der Waals surface area contributed by atoms with Crippen LogP contribution in [-0.4, -0.2) is 27.0 Å². The number of hydrogen-bond donors (Lipinski definition) is 1. The zero-order valence-corrected chi connectivity index (χ0v) is 11.6. The van der Waals surface area contributed by atoms with Gasteiger partial charge in [0.05, 0.1) is 16.8 Å². The second-order valence-electron chi connectivity index (χ2n) is 4.21. The summed E-state index contributed by atoms with van der Waals surface area (Å²) in [6.45, 7) is -0.614. The van der Waals surface area contributed by atoms with E-state index >= 15 is 0 Å². The lowest BCUT2D eigenvalue weighted by Crippen LogP contribution is -2.13. The molecule has 2 rings (SSSR count). The number of halogens is 3. The topological polar surface area (TPSA) is 90.1 Å². The smallest absolute Gasteiger partial charge is 0.283 e. The van der Waals surface area contributed by atoms with Crippen LogP contribution in [0.2, 0.25) is 5.02 Å². The molecule has 1 N–H and O–H groups in total. The maximum absolute atomic E-state index is 12.2. The van der Waals surface area contributed by atoms with Gasteiger partial charge in [-0.1, -0.05) is 11.6 Å². The normalized spacial score (nSPS) is 10.7. The third kappa shape index (κ3) is 3.76. The molecular formula is C12H9ClF2N4O3. The van der Waals surface area contributed by atoms with Crippen molar-refractivity contribution >= 4 is 28.9 Å². The minimum absolute atomic E-state index is 0.119. The highest BCUT2D eigenvalue weighted by molar-refractivity contribution is 6.31. The minimum Gasteiger partial charge on any atom is -0.319 e. The van der Waals surface area contributed by atoms with Gasteiger partial charge in [-0.05, 0) is 12.1 Å². The van der Waals surface area contributed by atoms with Crippen molar-refractivity contribution < 1.29 is 18.5 Å². The summed E-state index contributed by atoms with van der Waals surface area (Å²) in [5.41, 5.74) is -0.504. The highest BCUT2D eigenvalue weighted by Gasteiger charge is 2.21. The number of anilines is 1. The average molecular weight is 331 g/mol. The van der Waals surface area contributed by atoms with Crippen LogP contribution in [0.1, 0.15) is 10.4 Å². The summed E-state index contributed by atoms with van der Waals surface area (Å²) in [4.78, 5) is 22.2. The number of carbonyl (C=O) groups excluding carboxylic acids is 1. The second kappa shape index (κ2) is 6.48. The summed E-state index contributed by atoms with van der Waals surface area (Å²) in [5.74, 6) is -0.764. The predicted octanol–water partition coefficient (Wildman–Crippen LogP) is 2.96. The van der Waals surface area contributed by atoms with E-state index in [9.17, 15) is 23.7 Å². The van der Waals surface area contributed by atoms with Crippen LogP contribution in [0.15, 0.2) is 30.6 Å². The predicted molar refractivity (Wildman–Crippen MR) is 74.3 cm³/mol. The molecule has 0 atom stereocenters. The number of aromatic nitrogens is 2. The van der Waals surface area contributed by atoms with Gasteiger partial charge < -0.3 is 5.32 Å². The lowest BCUT2D eigenvalue weighted by Gasteiger charge is -2.04. The number of benzene rings is 1. The third-order valence-electron chi connectivity index (χ3n) is 2.62. The van der Waals surface area contributed by atoms with E-state index in [-0.39, 0.29) is 16.3 Å². The average Bonchev–Trinajstić information content (AvgIpc) is 2.84. The Kier molecular flexibility index (Phi) is 4.66. The van der Waals surface area contributed by atoms with Gasteiger partial charge in [0.1, 0.15) is 12.1 Å². The number of nitro groups is 1. The maximum Gasteiger partial charge on any atom is 0.283 e. The molecule has 0 radical (unpaired) electrons. The molecule has 0 spiro atoms. The zero-order chi connectivity index (χ0) is 16.3. The van der Waals surface area contributed by atoms with Gasteiger partial charge in [-0.25, -0.2) is 8.78 Å². The molecule has 1 amide bonds. The molecule has 0 aliphatic carbocycles. The molecule has 2 aromatic rings. The number of hydrogen-bond acceptors (Lipinski definition) is 4. The molecule has 22 heavy (non-hydrogen) atoms. The molecule has 0 saturated heterocycles. The molecule has 1 heterocycles. The summed E-state index contributed by atoms with van der Waals surface area (Å²) < 4.78 is 25.4. The molecular weight excluding hydrogens is 322 g/mol. The fraction of sp³-hybridized carbons (Fsp3) is 0.167. The Morgan fingerprint density at radius 1 is 1.50 bits per heavy atom. The zero-order valence-electron chi connectivity index (χ0n) is 10.9. The van der Waals surface area contributed by atoms with Crippen molar-refractivity contribution in [1.29, 1.82) is 0 Å². The maximum atomic E-state index is 12.2. The first kappa shape index (κ1) is 15.8. The van der Waals surface area contributed by atoms with Gasteiger partial charge in [-0.15, -0.1) is 0 Å². The van der Waals surface area contributed by atoms with Crippen LogP contribution in [0.4, 0.5) is 20.2 Å². The van der Waals surface area contributed by atoms with Crippen LogP contribution in [0.3, 0.4) is 0 Å². The van der Waals surface area contributed by atoms with Crippen LogP contribution in [0.5, 0.6) is 0 Å².